The van der Waals surface area contributed by atoms with Crippen LogP contribution in [0, 0.1) is 12.8 Å². The van der Waals surface area contributed by atoms with Crippen LogP contribution in [0.25, 0.3) is 0 Å². The van der Waals surface area contributed by atoms with Gasteiger partial charge >= 0.3 is 0 Å². The van der Waals surface area contributed by atoms with Gasteiger partial charge in [-0.2, -0.15) is 0 Å². The van der Waals surface area contributed by atoms with E-state index < -0.39 is 0 Å². The van der Waals surface area contributed by atoms with Crippen LogP contribution >= 0.6 is 11.3 Å². The summed E-state index contributed by atoms with van der Waals surface area (Å²) in [4.78, 5) is 30.7. The summed E-state index contributed by atoms with van der Waals surface area (Å²) in [5.41, 5.74) is 5.98. The predicted octanol–water partition coefficient (Wildman–Crippen LogP) is 2.19. The summed E-state index contributed by atoms with van der Waals surface area (Å²) < 4.78 is 0. The number of nitrogens with one attached hydrogen (secondary N) is 2. The largest absolute Gasteiger partial charge is 0.291 e. The molecule has 2 fully saturated rings. The highest BCUT2D eigenvalue weighted by atomic mass is 32.1. The van der Waals surface area contributed by atoms with Gasteiger partial charge < -0.3 is 0 Å². The molecule has 0 bridgehead atoms. The molecule has 6 nitrogen and oxygen atoms in total. The summed E-state index contributed by atoms with van der Waals surface area (Å²) in [6.07, 6.45) is 9.15. The van der Waals surface area contributed by atoms with E-state index in [1.54, 1.807) is 0 Å². The lowest BCUT2D eigenvalue weighted by molar-refractivity contribution is -0.129. The van der Waals surface area contributed by atoms with E-state index in [1.807, 2.05) is 12.3 Å². The third-order valence-electron chi connectivity index (χ3n) is 4.95. The van der Waals surface area contributed by atoms with Crippen molar-refractivity contribution in [1.29, 1.82) is 0 Å². The topological polar surface area (TPSA) is 74.3 Å². The molecular weight excluding hydrogens is 336 g/mol. The van der Waals surface area contributed by atoms with Crippen molar-refractivity contribution in [3.63, 3.8) is 0 Å². The van der Waals surface area contributed by atoms with Crippen molar-refractivity contribution in [3.8, 4) is 0 Å². The highest BCUT2D eigenvalue weighted by Gasteiger charge is 2.32. The standard InChI is InChI=1S/C18H28N4O2S/c1-13-12-25-18(19-13)9-16(23)20-21-17(24)11-22(15-7-8-15)10-14-5-3-2-4-6-14/h12,14-15H,2-11H2,1H3,(H,20,23)(H,21,24). The van der Waals surface area contributed by atoms with E-state index in [2.05, 4.69) is 20.7 Å². The maximum atomic E-state index is 12.2. The first-order valence-electron chi connectivity index (χ1n) is 9.33. The molecule has 3 rings (SSSR count). The first kappa shape index (κ1) is 18.3. The normalized spacial score (nSPS) is 18.3. The van der Waals surface area contributed by atoms with E-state index in [1.165, 1.54) is 56.3 Å². The summed E-state index contributed by atoms with van der Waals surface area (Å²) in [5.74, 6) is 0.365. The van der Waals surface area contributed by atoms with E-state index in [9.17, 15) is 9.59 Å². The first-order valence-corrected chi connectivity index (χ1v) is 10.2. The Hall–Kier alpha value is -1.47. The van der Waals surface area contributed by atoms with E-state index in [-0.39, 0.29) is 18.2 Å². The van der Waals surface area contributed by atoms with Crippen LogP contribution in [0.1, 0.15) is 55.6 Å². The molecule has 0 aromatic carbocycles. The molecule has 0 saturated heterocycles. The second kappa shape index (κ2) is 8.76. The maximum absolute atomic E-state index is 12.2. The molecule has 2 saturated carbocycles. The zero-order chi connectivity index (χ0) is 17.6. The van der Waals surface area contributed by atoms with Gasteiger partial charge in [0.2, 0.25) is 5.91 Å². The van der Waals surface area contributed by atoms with Crippen molar-refractivity contribution in [3.05, 3.63) is 16.1 Å². The third-order valence-corrected chi connectivity index (χ3v) is 5.91. The fourth-order valence-electron chi connectivity index (χ4n) is 3.51. The van der Waals surface area contributed by atoms with Crippen LogP contribution in [0.15, 0.2) is 5.38 Å². The van der Waals surface area contributed by atoms with Gasteiger partial charge in [0.05, 0.1) is 13.0 Å². The van der Waals surface area contributed by atoms with Gasteiger partial charge in [0, 0.05) is 23.7 Å². The molecule has 1 heterocycles. The Balaban J connectivity index is 1.39. The molecule has 1 aromatic rings. The lowest BCUT2D eigenvalue weighted by Gasteiger charge is -2.29. The first-order chi connectivity index (χ1) is 12.1. The molecule has 2 aliphatic carbocycles. The van der Waals surface area contributed by atoms with Crippen molar-refractivity contribution < 1.29 is 9.59 Å². The van der Waals surface area contributed by atoms with Gasteiger partial charge in [-0.15, -0.1) is 11.3 Å². The molecule has 0 spiro atoms. The van der Waals surface area contributed by atoms with Crippen molar-refractivity contribution >= 4 is 23.2 Å². The Labute approximate surface area is 153 Å². The summed E-state index contributed by atoms with van der Waals surface area (Å²) >= 11 is 1.46. The molecule has 0 radical (unpaired) electrons. The fourth-order valence-corrected chi connectivity index (χ4v) is 4.28. The predicted molar refractivity (Wildman–Crippen MR) is 98.0 cm³/mol. The minimum absolute atomic E-state index is 0.133. The molecule has 0 unspecified atom stereocenters. The number of carbonyl (C=O) groups is 2. The van der Waals surface area contributed by atoms with Crippen molar-refractivity contribution in [2.75, 3.05) is 13.1 Å². The number of nitrogens with zero attached hydrogens (tertiary/aromatic N) is 2. The number of hydrazine groups is 1. The molecule has 2 amide bonds. The second-order valence-corrected chi connectivity index (χ2v) is 8.26. The van der Waals surface area contributed by atoms with Crippen molar-refractivity contribution in [2.45, 2.75) is 64.3 Å². The minimum Gasteiger partial charge on any atom is -0.291 e. The van der Waals surface area contributed by atoms with Gasteiger partial charge in [-0.1, -0.05) is 19.3 Å². The average Bonchev–Trinajstić information content (AvgIpc) is 3.37. The van der Waals surface area contributed by atoms with E-state index in [0.717, 1.165) is 23.2 Å². The van der Waals surface area contributed by atoms with Crippen molar-refractivity contribution in [1.82, 2.24) is 20.7 Å². The Kier molecular flexibility index (Phi) is 6.42. The third kappa shape index (κ3) is 6.08. The van der Waals surface area contributed by atoms with Crippen LogP contribution in [0.3, 0.4) is 0 Å². The monoisotopic (exact) mass is 364 g/mol. The maximum Gasteiger partial charge on any atom is 0.252 e. The van der Waals surface area contributed by atoms with Crippen LogP contribution in [-0.2, 0) is 16.0 Å². The Morgan fingerprint density at radius 2 is 1.88 bits per heavy atom. The van der Waals surface area contributed by atoms with Gasteiger partial charge in [-0.25, -0.2) is 4.98 Å². The summed E-state index contributed by atoms with van der Waals surface area (Å²) in [5, 5.41) is 2.68. The minimum atomic E-state index is -0.229. The second-order valence-electron chi connectivity index (χ2n) is 7.32. The van der Waals surface area contributed by atoms with Gasteiger partial charge in [0.15, 0.2) is 0 Å². The van der Waals surface area contributed by atoms with Crippen LogP contribution in [0.2, 0.25) is 0 Å². The smallest absolute Gasteiger partial charge is 0.252 e. The SMILES string of the molecule is Cc1csc(CC(=O)NNC(=O)CN(CC2CCCCC2)C2CC2)n1. The lowest BCUT2D eigenvalue weighted by Crippen LogP contribution is -2.48. The van der Waals surface area contributed by atoms with Gasteiger partial charge in [-0.3, -0.25) is 25.3 Å². The number of hydrogen-bond acceptors (Lipinski definition) is 5. The van der Waals surface area contributed by atoms with Crippen LogP contribution in [0.4, 0.5) is 0 Å². The molecule has 0 aliphatic heterocycles. The fraction of sp³-hybridized carbons (Fsp3) is 0.722. The molecule has 2 aliphatic rings. The Morgan fingerprint density at radius 1 is 1.16 bits per heavy atom. The molecule has 25 heavy (non-hydrogen) atoms. The quantitative estimate of drug-likeness (QED) is 0.727. The van der Waals surface area contributed by atoms with Gasteiger partial charge in [0.1, 0.15) is 5.01 Å². The molecule has 7 heteroatoms. The molecule has 138 valence electrons. The Morgan fingerprint density at radius 3 is 2.52 bits per heavy atom. The molecular formula is C18H28N4O2S. The number of amides is 2. The number of rotatable bonds is 7. The summed E-state index contributed by atoms with van der Waals surface area (Å²) in [7, 11) is 0. The summed E-state index contributed by atoms with van der Waals surface area (Å²) in [6.45, 7) is 3.29. The zero-order valence-electron chi connectivity index (χ0n) is 14.9. The highest BCUT2D eigenvalue weighted by molar-refractivity contribution is 7.09. The van der Waals surface area contributed by atoms with Crippen LogP contribution < -0.4 is 10.9 Å². The number of aromatic nitrogens is 1. The van der Waals surface area contributed by atoms with Crippen LogP contribution in [0.5, 0.6) is 0 Å². The van der Waals surface area contributed by atoms with Crippen molar-refractivity contribution in [2.24, 2.45) is 5.92 Å². The number of carbonyl (C=O) groups excluding carboxylic acids is 2. The van der Waals surface area contributed by atoms with E-state index in [4.69, 9.17) is 0 Å². The highest BCUT2D eigenvalue weighted by Crippen LogP contribution is 2.31. The molecule has 2 N–H and O–H groups in total. The number of hydrogen-bond donors (Lipinski definition) is 2. The summed E-state index contributed by atoms with van der Waals surface area (Å²) in [6, 6.07) is 0.557. The van der Waals surface area contributed by atoms with Crippen LogP contribution in [-0.4, -0.2) is 40.8 Å². The van der Waals surface area contributed by atoms with E-state index in [0.29, 0.717) is 12.6 Å². The number of thiazole rings is 1. The van der Waals surface area contributed by atoms with Gasteiger partial charge in [0.25, 0.3) is 5.91 Å². The lowest BCUT2D eigenvalue weighted by atomic mass is 9.89. The Bertz CT molecular complexity index is 594. The molecule has 1 aromatic heterocycles. The van der Waals surface area contributed by atoms with Gasteiger partial charge in [-0.05, 0) is 38.5 Å². The average molecular weight is 365 g/mol. The molecule has 0 atom stereocenters. The van der Waals surface area contributed by atoms with E-state index >= 15 is 0 Å². The zero-order valence-corrected chi connectivity index (χ0v) is 15.7. The number of aryl methyl sites for hydroxylation is 1.